The first kappa shape index (κ1) is 19.1. The lowest BCUT2D eigenvalue weighted by atomic mass is 9.97. The first-order valence-corrected chi connectivity index (χ1v) is 10.1. The van der Waals surface area contributed by atoms with E-state index in [1.165, 1.54) is 5.56 Å². The van der Waals surface area contributed by atoms with E-state index in [1.807, 2.05) is 49.4 Å². The minimum atomic E-state index is -0.0545. The monoisotopic (exact) mass is 386 g/mol. The second-order valence-corrected chi connectivity index (χ2v) is 7.69. The number of anilines is 2. The van der Waals surface area contributed by atoms with Crippen molar-refractivity contribution in [3.8, 4) is 11.4 Å². The van der Waals surface area contributed by atoms with Crippen LogP contribution in [0.2, 0.25) is 0 Å². The maximum Gasteiger partial charge on any atom is 0.229 e. The number of benzene rings is 2. The van der Waals surface area contributed by atoms with E-state index < -0.39 is 0 Å². The Morgan fingerprint density at radius 3 is 2.66 bits per heavy atom. The zero-order chi connectivity index (χ0) is 20.2. The van der Waals surface area contributed by atoms with E-state index in [4.69, 9.17) is 4.98 Å². The largest absolute Gasteiger partial charge is 0.356 e. The lowest BCUT2D eigenvalue weighted by molar-refractivity contribution is -0.120. The van der Waals surface area contributed by atoms with Gasteiger partial charge in [0.1, 0.15) is 5.82 Å². The number of nitrogens with zero attached hydrogens (tertiary/aromatic N) is 3. The molecule has 5 heteroatoms. The number of aromatic nitrogens is 2. The van der Waals surface area contributed by atoms with Gasteiger partial charge >= 0.3 is 0 Å². The molecule has 1 fully saturated rings. The Morgan fingerprint density at radius 1 is 1.07 bits per heavy atom. The molecule has 2 heterocycles. The first-order chi connectivity index (χ1) is 14.1. The maximum atomic E-state index is 12.8. The van der Waals surface area contributed by atoms with Crippen molar-refractivity contribution in [2.24, 2.45) is 5.92 Å². The van der Waals surface area contributed by atoms with Crippen LogP contribution in [0, 0.1) is 19.8 Å². The molecule has 4 rings (SSSR count). The van der Waals surface area contributed by atoms with E-state index in [9.17, 15) is 4.79 Å². The van der Waals surface area contributed by atoms with E-state index >= 15 is 0 Å². The summed E-state index contributed by atoms with van der Waals surface area (Å²) in [6.07, 6.45) is 3.66. The molecule has 29 heavy (non-hydrogen) atoms. The zero-order valence-corrected chi connectivity index (χ0v) is 16.9. The highest BCUT2D eigenvalue weighted by molar-refractivity contribution is 5.93. The number of amides is 1. The van der Waals surface area contributed by atoms with Gasteiger partial charge in [-0.1, -0.05) is 48.0 Å². The number of rotatable bonds is 4. The summed E-state index contributed by atoms with van der Waals surface area (Å²) >= 11 is 0. The molecule has 1 aromatic heterocycles. The topological polar surface area (TPSA) is 58.1 Å². The molecule has 3 aromatic rings. The molecule has 1 saturated heterocycles. The summed E-state index contributed by atoms with van der Waals surface area (Å²) in [5.41, 5.74) is 4.18. The van der Waals surface area contributed by atoms with Gasteiger partial charge < -0.3 is 10.2 Å². The van der Waals surface area contributed by atoms with Crippen molar-refractivity contribution in [1.29, 1.82) is 0 Å². The molecular weight excluding hydrogens is 360 g/mol. The maximum absolute atomic E-state index is 12.8. The molecule has 0 bridgehead atoms. The molecule has 2 aromatic carbocycles. The van der Waals surface area contributed by atoms with Crippen LogP contribution in [0.25, 0.3) is 11.4 Å². The Kier molecular flexibility index (Phi) is 5.56. The molecule has 1 aliphatic heterocycles. The third-order valence-corrected chi connectivity index (χ3v) is 5.47. The SMILES string of the molecule is Cc1ccc(-c2nccc(N3CCC[C@@H](C(=O)Nc4ccccc4C)C3)n2)cc1. The third kappa shape index (κ3) is 4.45. The quantitative estimate of drug-likeness (QED) is 0.711. The van der Waals surface area contributed by atoms with Crippen molar-refractivity contribution >= 4 is 17.4 Å². The summed E-state index contributed by atoms with van der Waals surface area (Å²) in [4.78, 5) is 24.3. The van der Waals surface area contributed by atoms with Crippen molar-refractivity contribution in [3.63, 3.8) is 0 Å². The average molecular weight is 386 g/mol. The van der Waals surface area contributed by atoms with E-state index in [0.29, 0.717) is 12.4 Å². The number of piperidine rings is 1. The molecule has 1 amide bonds. The Balaban J connectivity index is 1.48. The number of aryl methyl sites for hydroxylation is 2. The lowest BCUT2D eigenvalue weighted by Gasteiger charge is -2.33. The normalized spacial score (nSPS) is 16.5. The van der Waals surface area contributed by atoms with Gasteiger partial charge in [0, 0.05) is 30.5 Å². The highest BCUT2D eigenvalue weighted by atomic mass is 16.1. The second kappa shape index (κ2) is 8.43. The summed E-state index contributed by atoms with van der Waals surface area (Å²) in [5.74, 6) is 1.62. The van der Waals surface area contributed by atoms with E-state index in [1.54, 1.807) is 6.20 Å². The molecule has 5 nitrogen and oxygen atoms in total. The first-order valence-electron chi connectivity index (χ1n) is 10.1. The van der Waals surface area contributed by atoms with Crippen molar-refractivity contribution < 1.29 is 4.79 Å². The molecule has 0 unspecified atom stereocenters. The van der Waals surface area contributed by atoms with Gasteiger partial charge in [0.15, 0.2) is 5.82 Å². The van der Waals surface area contributed by atoms with Gasteiger partial charge in [-0.2, -0.15) is 0 Å². The van der Waals surface area contributed by atoms with Crippen LogP contribution in [0.15, 0.2) is 60.8 Å². The number of hydrogen-bond acceptors (Lipinski definition) is 4. The summed E-state index contributed by atoms with van der Waals surface area (Å²) < 4.78 is 0. The molecule has 0 saturated carbocycles. The average Bonchev–Trinajstić information content (AvgIpc) is 2.76. The highest BCUT2D eigenvalue weighted by Crippen LogP contribution is 2.25. The number of hydrogen-bond donors (Lipinski definition) is 1. The van der Waals surface area contributed by atoms with Crippen LogP contribution in [0.1, 0.15) is 24.0 Å². The molecule has 1 atom stereocenters. The van der Waals surface area contributed by atoms with E-state index in [0.717, 1.165) is 42.0 Å². The summed E-state index contributed by atoms with van der Waals surface area (Å²) in [6.45, 7) is 5.65. The molecule has 0 aliphatic carbocycles. The fourth-order valence-electron chi connectivity index (χ4n) is 3.71. The third-order valence-electron chi connectivity index (χ3n) is 5.47. The molecule has 0 spiro atoms. The fourth-order valence-corrected chi connectivity index (χ4v) is 3.71. The van der Waals surface area contributed by atoms with Gasteiger partial charge in [-0.3, -0.25) is 4.79 Å². The van der Waals surface area contributed by atoms with Gasteiger partial charge in [-0.25, -0.2) is 9.97 Å². The van der Waals surface area contributed by atoms with Crippen LogP contribution >= 0.6 is 0 Å². The van der Waals surface area contributed by atoms with Crippen LogP contribution in [0.5, 0.6) is 0 Å². The van der Waals surface area contributed by atoms with Gasteiger partial charge in [0.25, 0.3) is 0 Å². The smallest absolute Gasteiger partial charge is 0.229 e. The van der Waals surface area contributed by atoms with Crippen LogP contribution < -0.4 is 10.2 Å². The Labute approximate surface area is 171 Å². The molecule has 1 N–H and O–H groups in total. The van der Waals surface area contributed by atoms with Crippen LogP contribution in [-0.4, -0.2) is 29.0 Å². The number of para-hydroxylation sites is 1. The second-order valence-electron chi connectivity index (χ2n) is 7.69. The van der Waals surface area contributed by atoms with Gasteiger partial charge in [0.2, 0.25) is 5.91 Å². The fraction of sp³-hybridized carbons (Fsp3) is 0.292. The van der Waals surface area contributed by atoms with Crippen molar-refractivity contribution in [2.75, 3.05) is 23.3 Å². The molecule has 148 valence electrons. The lowest BCUT2D eigenvalue weighted by Crippen LogP contribution is -2.41. The Bertz CT molecular complexity index is 1000. The van der Waals surface area contributed by atoms with Gasteiger partial charge in [-0.15, -0.1) is 0 Å². The van der Waals surface area contributed by atoms with Crippen LogP contribution in [0.3, 0.4) is 0 Å². The van der Waals surface area contributed by atoms with E-state index in [2.05, 4.69) is 34.3 Å². The minimum absolute atomic E-state index is 0.0545. The Hall–Kier alpha value is -3.21. The Morgan fingerprint density at radius 2 is 1.86 bits per heavy atom. The molecular formula is C24H26N4O. The van der Waals surface area contributed by atoms with Gasteiger partial charge in [-0.05, 0) is 44.4 Å². The predicted molar refractivity (Wildman–Crippen MR) is 117 cm³/mol. The zero-order valence-electron chi connectivity index (χ0n) is 16.9. The highest BCUT2D eigenvalue weighted by Gasteiger charge is 2.27. The van der Waals surface area contributed by atoms with Gasteiger partial charge in [0.05, 0.1) is 5.92 Å². The molecule has 1 aliphatic rings. The summed E-state index contributed by atoms with van der Waals surface area (Å²) in [6, 6.07) is 18.0. The van der Waals surface area contributed by atoms with E-state index in [-0.39, 0.29) is 11.8 Å². The van der Waals surface area contributed by atoms with Crippen molar-refractivity contribution in [1.82, 2.24) is 9.97 Å². The number of carbonyl (C=O) groups excluding carboxylic acids is 1. The summed E-state index contributed by atoms with van der Waals surface area (Å²) in [7, 11) is 0. The summed E-state index contributed by atoms with van der Waals surface area (Å²) in [5, 5.41) is 3.10. The predicted octanol–water partition coefficient (Wildman–Crippen LogP) is 4.62. The van der Waals surface area contributed by atoms with Crippen LogP contribution in [0.4, 0.5) is 11.5 Å². The van der Waals surface area contributed by atoms with Crippen molar-refractivity contribution in [2.45, 2.75) is 26.7 Å². The molecule has 0 radical (unpaired) electrons. The van der Waals surface area contributed by atoms with Crippen LogP contribution in [-0.2, 0) is 4.79 Å². The number of carbonyl (C=O) groups is 1. The standard InChI is InChI=1S/C24H26N4O/c1-17-9-11-19(12-10-17)23-25-14-13-22(27-23)28-15-5-7-20(16-28)24(29)26-21-8-4-3-6-18(21)2/h3-4,6,8-14,20H,5,7,15-16H2,1-2H3,(H,26,29)/t20-/m1/s1. The minimum Gasteiger partial charge on any atom is -0.356 e. The van der Waals surface area contributed by atoms with Crippen molar-refractivity contribution in [3.05, 3.63) is 71.9 Å². The number of nitrogens with one attached hydrogen (secondary N) is 1.